The highest BCUT2D eigenvalue weighted by Crippen LogP contribution is 2.26. The van der Waals surface area contributed by atoms with E-state index in [9.17, 15) is 14.4 Å². The first-order valence-corrected chi connectivity index (χ1v) is 5.04. The summed E-state index contributed by atoms with van der Waals surface area (Å²) >= 11 is 0. The molecule has 0 spiro atoms. The minimum Gasteiger partial charge on any atom is -0.394 e. The Morgan fingerprint density at radius 3 is 2.94 bits per heavy atom. The molecule has 1 saturated heterocycles. The zero-order valence-electron chi connectivity index (χ0n) is 8.78. The minimum absolute atomic E-state index is 0.0858. The predicted octanol–water partition coefficient (Wildman–Crippen LogP) is -1.50. The van der Waals surface area contributed by atoms with Gasteiger partial charge in [0.1, 0.15) is 12.3 Å². The number of hydrogen-bond acceptors (Lipinski definition) is 5. The van der Waals surface area contributed by atoms with E-state index in [2.05, 4.69) is 0 Å². The van der Waals surface area contributed by atoms with Crippen LogP contribution in [0.4, 0.5) is 4.48 Å². The third-order valence-corrected chi connectivity index (χ3v) is 2.69. The molecule has 1 aromatic rings. The molecule has 7 nitrogen and oxygen atoms in total. The fraction of sp³-hybridized carbons (Fsp3) is 0.556. The summed E-state index contributed by atoms with van der Waals surface area (Å²) in [6.07, 6.45) is -1.21. The van der Waals surface area contributed by atoms with E-state index in [1.165, 1.54) is 6.20 Å². The molecular formula is C9H12FN3O4. The largest absolute Gasteiger partial charge is 0.394 e. The van der Waals surface area contributed by atoms with Crippen LogP contribution in [0.15, 0.2) is 17.1 Å². The average molecular weight is 245 g/mol. The first-order valence-electron chi connectivity index (χ1n) is 5.04. The van der Waals surface area contributed by atoms with Gasteiger partial charge in [-0.15, -0.1) is 4.79 Å². The van der Waals surface area contributed by atoms with E-state index in [1.54, 1.807) is 0 Å². The Balaban J connectivity index is 2.34. The van der Waals surface area contributed by atoms with E-state index in [0.717, 1.165) is 10.6 Å². The number of rotatable bonds is 2. The summed E-state index contributed by atoms with van der Waals surface area (Å²) in [4.78, 5) is 11.2. The van der Waals surface area contributed by atoms with Gasteiger partial charge in [0.25, 0.3) is 0 Å². The molecule has 0 bridgehead atoms. The van der Waals surface area contributed by atoms with E-state index >= 15 is 0 Å². The van der Waals surface area contributed by atoms with E-state index in [-0.39, 0.29) is 17.8 Å². The number of halogens is 1. The average Bonchev–Trinajstić information content (AvgIpc) is 2.67. The number of nitrogens with zero attached hydrogens (tertiary/aromatic N) is 2. The number of aromatic nitrogens is 2. The van der Waals surface area contributed by atoms with Gasteiger partial charge in [-0.1, -0.05) is 4.48 Å². The fourth-order valence-electron chi connectivity index (χ4n) is 1.75. The summed E-state index contributed by atoms with van der Waals surface area (Å²) in [5.41, 5.74) is -1.61. The standard InChI is InChI=1S/C9H12FN3O4/c10-13-7(11)1-2-12(9(13)16)8-3-5(15)6(4-14)17-8/h1-2,5-6,8,11,14-15H,3-4H2/t5-,6+,8+/m0/s1. The zero-order chi connectivity index (χ0) is 12.6. The van der Waals surface area contributed by atoms with E-state index in [1.807, 2.05) is 0 Å². The van der Waals surface area contributed by atoms with E-state index in [0.29, 0.717) is 0 Å². The van der Waals surface area contributed by atoms with Crippen LogP contribution in [0.1, 0.15) is 12.6 Å². The molecule has 1 aromatic heterocycles. The van der Waals surface area contributed by atoms with Crippen molar-refractivity contribution >= 4 is 0 Å². The molecule has 1 fully saturated rings. The molecule has 0 radical (unpaired) electrons. The van der Waals surface area contributed by atoms with Crippen LogP contribution in [0.2, 0.25) is 0 Å². The Hall–Kier alpha value is -1.51. The minimum atomic E-state index is -1.05. The molecule has 0 unspecified atom stereocenters. The zero-order valence-corrected chi connectivity index (χ0v) is 8.78. The van der Waals surface area contributed by atoms with Gasteiger partial charge in [-0.05, 0) is 6.07 Å². The van der Waals surface area contributed by atoms with Gasteiger partial charge in [-0.25, -0.2) is 4.79 Å². The van der Waals surface area contributed by atoms with Crippen molar-refractivity contribution in [3.63, 3.8) is 0 Å². The fourth-order valence-corrected chi connectivity index (χ4v) is 1.75. The molecule has 0 saturated carbocycles. The SMILES string of the molecule is N=c1ccn([C@H]2C[C@H](O)[C@@H](CO)O2)c(=O)n1F. The molecule has 2 heterocycles. The molecule has 8 heteroatoms. The third-order valence-electron chi connectivity index (χ3n) is 2.69. The maximum atomic E-state index is 13.1. The van der Waals surface area contributed by atoms with Gasteiger partial charge in [-0.3, -0.25) is 9.98 Å². The van der Waals surface area contributed by atoms with Crippen LogP contribution < -0.4 is 11.2 Å². The molecule has 0 aliphatic carbocycles. The maximum Gasteiger partial charge on any atom is 0.360 e. The summed E-state index contributed by atoms with van der Waals surface area (Å²) in [6.45, 7) is -0.376. The lowest BCUT2D eigenvalue weighted by atomic mass is 10.2. The Labute approximate surface area is 94.8 Å². The summed E-state index contributed by atoms with van der Waals surface area (Å²) in [6, 6.07) is 1.10. The number of ether oxygens (including phenoxy) is 1. The lowest BCUT2D eigenvalue weighted by Gasteiger charge is -2.14. The first kappa shape index (κ1) is 12.0. The quantitative estimate of drug-likeness (QED) is 0.590. The van der Waals surface area contributed by atoms with E-state index in [4.69, 9.17) is 15.3 Å². The van der Waals surface area contributed by atoms with Gasteiger partial charge in [0.2, 0.25) is 0 Å². The molecule has 0 amide bonds. The molecule has 3 N–H and O–H groups in total. The second kappa shape index (κ2) is 4.40. The van der Waals surface area contributed by atoms with Gasteiger partial charge < -0.3 is 14.9 Å². The number of aliphatic hydroxyl groups is 2. The van der Waals surface area contributed by atoms with Crippen LogP contribution in [0.5, 0.6) is 0 Å². The van der Waals surface area contributed by atoms with Gasteiger partial charge in [-0.2, -0.15) is 0 Å². The Morgan fingerprint density at radius 1 is 1.65 bits per heavy atom. The van der Waals surface area contributed by atoms with Crippen molar-refractivity contribution in [3.05, 3.63) is 28.2 Å². The number of hydrogen-bond donors (Lipinski definition) is 3. The first-order chi connectivity index (χ1) is 8.04. The summed E-state index contributed by atoms with van der Waals surface area (Å²) in [7, 11) is 0. The van der Waals surface area contributed by atoms with Crippen LogP contribution in [0.25, 0.3) is 0 Å². The third kappa shape index (κ3) is 2.02. The summed E-state index contributed by atoms with van der Waals surface area (Å²) in [5.74, 6) is 0. The highest BCUT2D eigenvalue weighted by molar-refractivity contribution is 4.87. The molecular weight excluding hydrogens is 233 g/mol. The monoisotopic (exact) mass is 245 g/mol. The molecule has 94 valence electrons. The molecule has 0 aromatic carbocycles. The van der Waals surface area contributed by atoms with Crippen LogP contribution in [0.3, 0.4) is 0 Å². The topological polar surface area (TPSA) is 100 Å². The van der Waals surface area contributed by atoms with Gasteiger partial charge >= 0.3 is 5.69 Å². The molecule has 1 aliphatic heterocycles. The second-order valence-electron chi connectivity index (χ2n) is 3.79. The van der Waals surface area contributed by atoms with Crippen molar-refractivity contribution in [1.29, 1.82) is 5.41 Å². The van der Waals surface area contributed by atoms with Crippen LogP contribution in [-0.4, -0.2) is 38.4 Å². The lowest BCUT2D eigenvalue weighted by molar-refractivity contribution is -0.0470. The molecule has 2 rings (SSSR count). The summed E-state index contributed by atoms with van der Waals surface area (Å²) in [5, 5.41) is 25.5. The van der Waals surface area contributed by atoms with Crippen molar-refractivity contribution in [2.75, 3.05) is 6.61 Å². The van der Waals surface area contributed by atoms with Crippen LogP contribution in [-0.2, 0) is 4.74 Å². The van der Waals surface area contributed by atoms with Crippen molar-refractivity contribution < 1.29 is 19.4 Å². The van der Waals surface area contributed by atoms with Gasteiger partial charge in [0.05, 0.1) is 12.7 Å². The van der Waals surface area contributed by atoms with Crippen molar-refractivity contribution in [1.82, 2.24) is 9.36 Å². The van der Waals surface area contributed by atoms with Gasteiger partial charge in [0.15, 0.2) is 5.49 Å². The molecule has 1 aliphatic rings. The number of nitrogens with one attached hydrogen (secondary N) is 1. The highest BCUT2D eigenvalue weighted by Gasteiger charge is 2.35. The van der Waals surface area contributed by atoms with Crippen molar-refractivity contribution in [2.45, 2.75) is 24.9 Å². The van der Waals surface area contributed by atoms with Crippen LogP contribution >= 0.6 is 0 Å². The second-order valence-corrected chi connectivity index (χ2v) is 3.79. The smallest absolute Gasteiger partial charge is 0.360 e. The Kier molecular flexibility index (Phi) is 3.09. The highest BCUT2D eigenvalue weighted by atomic mass is 19.2. The van der Waals surface area contributed by atoms with Crippen molar-refractivity contribution in [3.8, 4) is 0 Å². The lowest BCUT2D eigenvalue weighted by Crippen LogP contribution is -2.37. The Morgan fingerprint density at radius 2 is 2.35 bits per heavy atom. The summed E-state index contributed by atoms with van der Waals surface area (Å²) < 4.78 is 19.3. The van der Waals surface area contributed by atoms with Gasteiger partial charge in [0, 0.05) is 12.6 Å². The normalized spacial score (nSPS) is 28.5. The maximum absolute atomic E-state index is 13.1. The van der Waals surface area contributed by atoms with E-state index < -0.39 is 29.6 Å². The van der Waals surface area contributed by atoms with Crippen molar-refractivity contribution in [2.24, 2.45) is 0 Å². The molecule has 3 atom stereocenters. The Bertz CT molecular complexity index is 526. The number of aliphatic hydroxyl groups excluding tert-OH is 2. The molecule has 17 heavy (non-hydrogen) atoms. The predicted molar refractivity (Wildman–Crippen MR) is 52.7 cm³/mol. The van der Waals surface area contributed by atoms with Crippen LogP contribution in [0, 0.1) is 5.41 Å².